The molecule has 0 bridgehead atoms. The number of aromatic nitrogens is 1. The van der Waals surface area contributed by atoms with Crippen molar-refractivity contribution < 1.29 is 0 Å². The zero-order valence-corrected chi connectivity index (χ0v) is 13.8. The average Bonchev–Trinajstić information content (AvgIpc) is 2.49. The lowest BCUT2D eigenvalue weighted by atomic mass is 10.3. The van der Waals surface area contributed by atoms with Gasteiger partial charge in [0.1, 0.15) is 0 Å². The van der Waals surface area contributed by atoms with Crippen LogP contribution in [0.3, 0.4) is 0 Å². The molecule has 2 N–H and O–H groups in total. The number of pyridine rings is 1. The highest BCUT2D eigenvalue weighted by molar-refractivity contribution is 5.79. The third kappa shape index (κ3) is 7.09. The summed E-state index contributed by atoms with van der Waals surface area (Å²) in [5, 5.41) is 6.65. The zero-order valence-electron chi connectivity index (χ0n) is 13.8. The molecule has 0 aliphatic rings. The summed E-state index contributed by atoms with van der Waals surface area (Å²) >= 11 is 0. The summed E-state index contributed by atoms with van der Waals surface area (Å²) in [4.78, 5) is 11.3. The van der Waals surface area contributed by atoms with Gasteiger partial charge in [0.2, 0.25) is 0 Å². The minimum Gasteiger partial charge on any atom is -0.357 e. The van der Waals surface area contributed by atoms with Crippen molar-refractivity contribution in [1.82, 2.24) is 20.5 Å². The van der Waals surface area contributed by atoms with Crippen LogP contribution in [0.15, 0.2) is 29.4 Å². The minimum absolute atomic E-state index is 0.574. The van der Waals surface area contributed by atoms with E-state index in [2.05, 4.69) is 53.2 Å². The molecule has 1 heterocycles. The summed E-state index contributed by atoms with van der Waals surface area (Å²) in [5.74, 6) is 0.850. The highest BCUT2D eigenvalue weighted by Crippen LogP contribution is 1.96. The Hall–Kier alpha value is -1.62. The monoisotopic (exact) mass is 291 g/mol. The molecule has 1 aromatic rings. The largest absolute Gasteiger partial charge is 0.357 e. The zero-order chi connectivity index (χ0) is 15.5. The Morgan fingerprint density at radius 3 is 2.67 bits per heavy atom. The first-order valence-corrected chi connectivity index (χ1v) is 7.83. The predicted molar refractivity (Wildman–Crippen MR) is 89.4 cm³/mol. The van der Waals surface area contributed by atoms with Gasteiger partial charge >= 0.3 is 0 Å². The molecule has 21 heavy (non-hydrogen) atoms. The van der Waals surface area contributed by atoms with Crippen LogP contribution < -0.4 is 10.6 Å². The third-order valence-corrected chi connectivity index (χ3v) is 3.30. The van der Waals surface area contributed by atoms with Crippen LogP contribution in [0.5, 0.6) is 0 Å². The van der Waals surface area contributed by atoms with E-state index in [1.165, 1.54) is 0 Å². The molecule has 0 unspecified atom stereocenters. The van der Waals surface area contributed by atoms with Crippen molar-refractivity contribution in [2.45, 2.75) is 40.3 Å². The number of nitrogens with zero attached hydrogens (tertiary/aromatic N) is 3. The van der Waals surface area contributed by atoms with E-state index in [-0.39, 0.29) is 0 Å². The van der Waals surface area contributed by atoms with E-state index < -0.39 is 0 Å². The van der Waals surface area contributed by atoms with Gasteiger partial charge < -0.3 is 10.6 Å². The van der Waals surface area contributed by atoms with Crippen LogP contribution in [0.2, 0.25) is 0 Å². The van der Waals surface area contributed by atoms with Crippen LogP contribution in [0.1, 0.15) is 33.4 Å². The van der Waals surface area contributed by atoms with E-state index in [0.717, 1.165) is 37.8 Å². The van der Waals surface area contributed by atoms with Crippen molar-refractivity contribution in [3.8, 4) is 0 Å². The Morgan fingerprint density at radius 2 is 2.10 bits per heavy atom. The second kappa shape index (κ2) is 10.2. The van der Waals surface area contributed by atoms with Crippen LogP contribution in [-0.4, -0.2) is 48.1 Å². The van der Waals surface area contributed by atoms with Crippen molar-refractivity contribution in [1.29, 1.82) is 0 Å². The molecular weight excluding hydrogens is 262 g/mol. The van der Waals surface area contributed by atoms with Crippen LogP contribution >= 0.6 is 0 Å². The third-order valence-electron chi connectivity index (χ3n) is 3.30. The van der Waals surface area contributed by atoms with E-state index in [1.54, 1.807) is 6.20 Å². The Balaban J connectivity index is 2.45. The lowest BCUT2D eigenvalue weighted by molar-refractivity contribution is 0.237. The van der Waals surface area contributed by atoms with Crippen molar-refractivity contribution in [3.63, 3.8) is 0 Å². The number of likely N-dealkylation sites (N-methyl/N-ethyl adjacent to an activating group) is 1. The molecule has 0 radical (unpaired) electrons. The fraction of sp³-hybridized carbons (Fsp3) is 0.625. The van der Waals surface area contributed by atoms with Crippen molar-refractivity contribution in [2.24, 2.45) is 4.99 Å². The highest BCUT2D eigenvalue weighted by Gasteiger charge is 2.06. The maximum atomic E-state index is 4.56. The Bertz CT molecular complexity index is 402. The number of aliphatic imine (C=N–C) groups is 1. The molecular formula is C16H29N5. The van der Waals surface area contributed by atoms with Gasteiger partial charge in [-0.25, -0.2) is 4.99 Å². The second-order valence-electron chi connectivity index (χ2n) is 5.17. The Labute approximate surface area is 128 Å². The van der Waals surface area contributed by atoms with Gasteiger partial charge in [-0.1, -0.05) is 13.0 Å². The lowest BCUT2D eigenvalue weighted by Gasteiger charge is -2.25. The van der Waals surface area contributed by atoms with Gasteiger partial charge in [0, 0.05) is 31.9 Å². The molecule has 0 atom stereocenters. The Kier molecular flexibility index (Phi) is 8.43. The van der Waals surface area contributed by atoms with E-state index in [4.69, 9.17) is 0 Å². The number of hydrogen-bond acceptors (Lipinski definition) is 3. The summed E-state index contributed by atoms with van der Waals surface area (Å²) in [6.45, 7) is 13.1. The van der Waals surface area contributed by atoms with Gasteiger partial charge in [-0.2, -0.15) is 0 Å². The van der Waals surface area contributed by atoms with Crippen LogP contribution in [-0.2, 0) is 6.54 Å². The molecule has 0 saturated heterocycles. The number of rotatable bonds is 8. The van der Waals surface area contributed by atoms with Crippen LogP contribution in [0.4, 0.5) is 0 Å². The van der Waals surface area contributed by atoms with Crippen LogP contribution in [0.25, 0.3) is 0 Å². The van der Waals surface area contributed by atoms with E-state index in [0.29, 0.717) is 12.6 Å². The summed E-state index contributed by atoms with van der Waals surface area (Å²) in [6, 6.07) is 6.47. The van der Waals surface area contributed by atoms with Gasteiger partial charge in [0.25, 0.3) is 0 Å². The SMILES string of the molecule is CCNC(=NCc1ccccn1)NCCN(CC)C(C)C. The molecule has 118 valence electrons. The van der Waals surface area contributed by atoms with E-state index in [9.17, 15) is 0 Å². The number of nitrogens with one attached hydrogen (secondary N) is 2. The van der Waals surface area contributed by atoms with Crippen molar-refractivity contribution >= 4 is 5.96 Å². The molecule has 5 heteroatoms. The molecule has 0 aliphatic carbocycles. The molecule has 0 aliphatic heterocycles. The van der Waals surface area contributed by atoms with E-state index in [1.807, 2.05) is 18.2 Å². The standard InChI is InChI=1S/C16H29N5/c1-5-17-16(19-11-12-21(6-2)14(3)4)20-13-15-9-7-8-10-18-15/h7-10,14H,5-6,11-13H2,1-4H3,(H2,17,19,20). The first kappa shape index (κ1) is 17.4. The fourth-order valence-corrected chi connectivity index (χ4v) is 2.09. The summed E-state index contributed by atoms with van der Waals surface area (Å²) in [7, 11) is 0. The van der Waals surface area contributed by atoms with Gasteiger partial charge in [0.05, 0.1) is 12.2 Å². The van der Waals surface area contributed by atoms with Gasteiger partial charge in [-0.05, 0) is 39.4 Å². The maximum Gasteiger partial charge on any atom is 0.191 e. The quantitative estimate of drug-likeness (QED) is 0.567. The molecule has 0 aromatic carbocycles. The molecule has 0 spiro atoms. The van der Waals surface area contributed by atoms with Crippen molar-refractivity contribution in [3.05, 3.63) is 30.1 Å². The number of hydrogen-bond donors (Lipinski definition) is 2. The minimum atomic E-state index is 0.574. The molecule has 1 aromatic heterocycles. The maximum absolute atomic E-state index is 4.56. The first-order chi connectivity index (χ1) is 10.2. The topological polar surface area (TPSA) is 52.6 Å². The van der Waals surface area contributed by atoms with Crippen molar-refractivity contribution in [2.75, 3.05) is 26.2 Å². The molecule has 1 rings (SSSR count). The average molecular weight is 291 g/mol. The normalized spacial score (nSPS) is 12.0. The fourth-order valence-electron chi connectivity index (χ4n) is 2.09. The van der Waals surface area contributed by atoms with Gasteiger partial charge in [0.15, 0.2) is 5.96 Å². The molecule has 0 amide bonds. The molecule has 5 nitrogen and oxygen atoms in total. The van der Waals surface area contributed by atoms with Crippen LogP contribution in [0, 0.1) is 0 Å². The van der Waals surface area contributed by atoms with Gasteiger partial charge in [-0.3, -0.25) is 9.88 Å². The second-order valence-corrected chi connectivity index (χ2v) is 5.17. The molecule has 0 fully saturated rings. The summed E-state index contributed by atoms with van der Waals surface area (Å²) in [5.41, 5.74) is 0.979. The van der Waals surface area contributed by atoms with Gasteiger partial charge in [-0.15, -0.1) is 0 Å². The lowest BCUT2D eigenvalue weighted by Crippen LogP contribution is -2.43. The smallest absolute Gasteiger partial charge is 0.191 e. The Morgan fingerprint density at radius 1 is 1.29 bits per heavy atom. The number of guanidine groups is 1. The highest BCUT2D eigenvalue weighted by atomic mass is 15.2. The summed E-state index contributed by atoms with van der Waals surface area (Å²) in [6.07, 6.45) is 1.80. The first-order valence-electron chi connectivity index (χ1n) is 7.83. The molecule has 0 saturated carbocycles. The predicted octanol–water partition coefficient (Wildman–Crippen LogP) is 1.87. The van der Waals surface area contributed by atoms with E-state index >= 15 is 0 Å². The summed E-state index contributed by atoms with van der Waals surface area (Å²) < 4.78 is 0.